The van der Waals surface area contributed by atoms with Gasteiger partial charge in [-0.05, 0) is 24.6 Å². The van der Waals surface area contributed by atoms with Crippen molar-refractivity contribution in [2.45, 2.75) is 25.6 Å². The van der Waals surface area contributed by atoms with Gasteiger partial charge in [-0.15, -0.1) is 0 Å². The lowest BCUT2D eigenvalue weighted by atomic mass is 9.97. The molecule has 19 heavy (non-hydrogen) atoms. The van der Waals surface area contributed by atoms with Crippen molar-refractivity contribution in [3.05, 3.63) is 29.3 Å². The summed E-state index contributed by atoms with van der Waals surface area (Å²) in [5, 5.41) is 28.8. The largest absolute Gasteiger partial charge is 0.399 e. The molecule has 5 nitrogen and oxygen atoms in total. The summed E-state index contributed by atoms with van der Waals surface area (Å²) >= 11 is 1.09. The maximum Gasteiger partial charge on any atom is 0.185 e. The molecule has 0 saturated heterocycles. The SMILES string of the molecule is CC(=O)SCCC(O)C(O)c1cc(N)ccc1C#N. The Hall–Kier alpha value is -1.55. The first-order valence-electron chi connectivity index (χ1n) is 5.74. The Balaban J connectivity index is 2.76. The van der Waals surface area contributed by atoms with Gasteiger partial charge in [0.25, 0.3) is 0 Å². The van der Waals surface area contributed by atoms with Crippen molar-refractivity contribution in [3.8, 4) is 6.07 Å². The van der Waals surface area contributed by atoms with Crippen LogP contribution in [0.15, 0.2) is 18.2 Å². The summed E-state index contributed by atoms with van der Waals surface area (Å²) in [5.41, 5.74) is 6.61. The highest BCUT2D eigenvalue weighted by Crippen LogP contribution is 2.25. The zero-order chi connectivity index (χ0) is 14.4. The number of hydrogen-bond acceptors (Lipinski definition) is 6. The Morgan fingerprint density at radius 1 is 1.53 bits per heavy atom. The van der Waals surface area contributed by atoms with Gasteiger partial charge in [0.2, 0.25) is 0 Å². The van der Waals surface area contributed by atoms with E-state index in [1.165, 1.54) is 19.1 Å². The van der Waals surface area contributed by atoms with Gasteiger partial charge in [-0.25, -0.2) is 0 Å². The van der Waals surface area contributed by atoms with E-state index in [-0.39, 0.29) is 17.1 Å². The molecule has 0 amide bonds. The molecule has 1 rings (SSSR count). The van der Waals surface area contributed by atoms with Crippen LogP contribution in [0, 0.1) is 11.3 Å². The number of carbonyl (C=O) groups is 1. The fourth-order valence-corrected chi connectivity index (χ4v) is 2.26. The van der Waals surface area contributed by atoms with Crippen LogP contribution in [0.25, 0.3) is 0 Å². The zero-order valence-corrected chi connectivity index (χ0v) is 11.4. The van der Waals surface area contributed by atoms with Crippen molar-refractivity contribution in [1.82, 2.24) is 0 Å². The normalized spacial score (nSPS) is 13.6. The fraction of sp³-hybridized carbons (Fsp3) is 0.385. The second-order valence-corrected chi connectivity index (χ2v) is 5.37. The Kier molecular flexibility index (Phi) is 5.83. The quantitative estimate of drug-likeness (QED) is 0.700. The summed E-state index contributed by atoms with van der Waals surface area (Å²) in [5.74, 6) is 0.414. The fourth-order valence-electron chi connectivity index (χ4n) is 1.62. The standard InChI is InChI=1S/C13H16N2O3S/c1-8(16)19-5-4-12(17)13(18)11-6-10(15)3-2-9(11)7-14/h2-3,6,12-13,17-18H,4-5,15H2,1H3. The number of carbonyl (C=O) groups excluding carboxylic acids is 1. The molecule has 0 aliphatic heterocycles. The van der Waals surface area contributed by atoms with Gasteiger partial charge in [0.05, 0.1) is 17.7 Å². The van der Waals surface area contributed by atoms with Gasteiger partial charge in [-0.3, -0.25) is 4.79 Å². The maximum absolute atomic E-state index is 10.8. The number of nitrogens with zero attached hydrogens (tertiary/aromatic N) is 1. The molecule has 0 radical (unpaired) electrons. The molecule has 0 spiro atoms. The molecule has 4 N–H and O–H groups in total. The third-order valence-corrected chi connectivity index (χ3v) is 3.44. The van der Waals surface area contributed by atoms with E-state index in [0.29, 0.717) is 17.0 Å². The van der Waals surface area contributed by atoms with E-state index in [1.807, 2.05) is 6.07 Å². The number of nitrogens with two attached hydrogens (primary N) is 1. The molecular formula is C13H16N2O3S. The average molecular weight is 280 g/mol. The number of thioether (sulfide) groups is 1. The van der Waals surface area contributed by atoms with Gasteiger partial charge in [0, 0.05) is 23.9 Å². The van der Waals surface area contributed by atoms with Crippen LogP contribution >= 0.6 is 11.8 Å². The number of nitriles is 1. The van der Waals surface area contributed by atoms with Gasteiger partial charge < -0.3 is 15.9 Å². The van der Waals surface area contributed by atoms with Crippen molar-refractivity contribution in [2.75, 3.05) is 11.5 Å². The third kappa shape index (κ3) is 4.56. The predicted molar refractivity (Wildman–Crippen MR) is 74.3 cm³/mol. The monoisotopic (exact) mass is 280 g/mol. The van der Waals surface area contributed by atoms with E-state index < -0.39 is 12.2 Å². The minimum Gasteiger partial charge on any atom is -0.399 e. The Labute approximate surface area is 116 Å². The minimum atomic E-state index is -1.19. The average Bonchev–Trinajstić information content (AvgIpc) is 2.37. The van der Waals surface area contributed by atoms with Gasteiger partial charge in [-0.2, -0.15) is 5.26 Å². The lowest BCUT2D eigenvalue weighted by Crippen LogP contribution is -2.20. The minimum absolute atomic E-state index is 0.0386. The topological polar surface area (TPSA) is 107 Å². The maximum atomic E-state index is 10.8. The molecular weight excluding hydrogens is 264 g/mol. The van der Waals surface area contributed by atoms with Gasteiger partial charge in [-0.1, -0.05) is 11.8 Å². The summed E-state index contributed by atoms with van der Waals surface area (Å²) in [4.78, 5) is 10.8. The highest BCUT2D eigenvalue weighted by Gasteiger charge is 2.21. The van der Waals surface area contributed by atoms with Crippen molar-refractivity contribution in [2.24, 2.45) is 0 Å². The van der Waals surface area contributed by atoms with Crippen molar-refractivity contribution in [3.63, 3.8) is 0 Å². The smallest absolute Gasteiger partial charge is 0.185 e. The summed E-state index contributed by atoms with van der Waals surface area (Å²) in [6, 6.07) is 6.49. The highest BCUT2D eigenvalue weighted by molar-refractivity contribution is 8.13. The van der Waals surface area contributed by atoms with E-state index >= 15 is 0 Å². The molecule has 2 atom stereocenters. The Bertz CT molecular complexity index is 499. The molecule has 1 aromatic carbocycles. The van der Waals surface area contributed by atoms with Gasteiger partial charge in [0.1, 0.15) is 6.10 Å². The number of rotatable bonds is 5. The lowest BCUT2D eigenvalue weighted by molar-refractivity contribution is -0.109. The molecule has 0 heterocycles. The summed E-state index contributed by atoms with van der Waals surface area (Å²) in [6.07, 6.45) is -1.98. The van der Waals surface area contributed by atoms with E-state index in [4.69, 9.17) is 11.0 Å². The molecule has 6 heteroatoms. The predicted octanol–water partition coefficient (Wildman–Crippen LogP) is 1.20. The summed E-state index contributed by atoms with van der Waals surface area (Å²) in [7, 11) is 0. The van der Waals surface area contributed by atoms with Crippen LogP contribution in [-0.4, -0.2) is 27.2 Å². The van der Waals surface area contributed by atoms with Crippen LogP contribution in [0.5, 0.6) is 0 Å². The van der Waals surface area contributed by atoms with Gasteiger partial charge >= 0.3 is 0 Å². The lowest BCUT2D eigenvalue weighted by Gasteiger charge is -2.19. The van der Waals surface area contributed by atoms with Crippen molar-refractivity contribution < 1.29 is 15.0 Å². The summed E-state index contributed by atoms with van der Waals surface area (Å²) in [6.45, 7) is 1.44. The highest BCUT2D eigenvalue weighted by atomic mass is 32.2. The van der Waals surface area contributed by atoms with E-state index in [9.17, 15) is 15.0 Å². The number of aliphatic hydroxyl groups excluding tert-OH is 2. The molecule has 0 aliphatic carbocycles. The van der Waals surface area contributed by atoms with Crippen LogP contribution in [-0.2, 0) is 4.79 Å². The Morgan fingerprint density at radius 3 is 2.79 bits per heavy atom. The van der Waals surface area contributed by atoms with Crippen LogP contribution in [0.2, 0.25) is 0 Å². The van der Waals surface area contributed by atoms with Crippen LogP contribution in [0.3, 0.4) is 0 Å². The molecule has 0 saturated carbocycles. The van der Waals surface area contributed by atoms with Crippen molar-refractivity contribution >= 4 is 22.6 Å². The van der Waals surface area contributed by atoms with Crippen molar-refractivity contribution in [1.29, 1.82) is 5.26 Å². The first-order chi connectivity index (χ1) is 8.95. The van der Waals surface area contributed by atoms with E-state index in [2.05, 4.69) is 0 Å². The molecule has 0 bridgehead atoms. The molecule has 2 unspecified atom stereocenters. The van der Waals surface area contributed by atoms with Crippen LogP contribution < -0.4 is 5.73 Å². The molecule has 0 fully saturated rings. The molecule has 0 aromatic heterocycles. The second-order valence-electron chi connectivity index (χ2n) is 4.10. The second kappa shape index (κ2) is 7.14. The number of anilines is 1. The number of nitrogen functional groups attached to an aromatic ring is 1. The zero-order valence-electron chi connectivity index (χ0n) is 10.5. The molecule has 1 aromatic rings. The first-order valence-corrected chi connectivity index (χ1v) is 6.73. The van der Waals surface area contributed by atoms with E-state index in [1.54, 1.807) is 6.07 Å². The first kappa shape index (κ1) is 15.5. The number of aliphatic hydroxyl groups is 2. The number of hydrogen-bond donors (Lipinski definition) is 3. The number of benzene rings is 1. The van der Waals surface area contributed by atoms with Gasteiger partial charge in [0.15, 0.2) is 5.12 Å². The third-order valence-electron chi connectivity index (χ3n) is 2.60. The van der Waals surface area contributed by atoms with Crippen LogP contribution in [0.1, 0.15) is 30.6 Å². The Morgan fingerprint density at radius 2 is 2.21 bits per heavy atom. The summed E-state index contributed by atoms with van der Waals surface area (Å²) < 4.78 is 0. The molecule has 0 aliphatic rings. The van der Waals surface area contributed by atoms with E-state index in [0.717, 1.165) is 11.8 Å². The van der Waals surface area contributed by atoms with Crippen LogP contribution in [0.4, 0.5) is 5.69 Å². The molecule has 102 valence electrons.